The van der Waals surface area contributed by atoms with E-state index < -0.39 is 0 Å². The highest BCUT2D eigenvalue weighted by Gasteiger charge is 2.18. The molecule has 0 spiro atoms. The summed E-state index contributed by atoms with van der Waals surface area (Å²) in [7, 11) is 0. The lowest BCUT2D eigenvalue weighted by molar-refractivity contribution is 0.358. The molecular formula is C14H20BrN. The fraction of sp³-hybridized carbons (Fsp3) is 0.571. The number of nitrogens with one attached hydrogen (secondary N) is 1. The number of hydrogen-bond donors (Lipinski definition) is 1. The zero-order valence-electron chi connectivity index (χ0n) is 10.1. The normalized spacial score (nSPS) is 25.4. The molecule has 0 radical (unpaired) electrons. The number of rotatable bonds is 2. The van der Waals surface area contributed by atoms with Crippen molar-refractivity contribution >= 4 is 21.6 Å². The van der Waals surface area contributed by atoms with Crippen LogP contribution < -0.4 is 5.32 Å². The van der Waals surface area contributed by atoms with Gasteiger partial charge in [-0.05, 0) is 49.4 Å². The van der Waals surface area contributed by atoms with Gasteiger partial charge in [0.15, 0.2) is 0 Å². The Bertz CT molecular complexity index is 362. The third kappa shape index (κ3) is 3.00. The molecule has 2 rings (SSSR count). The van der Waals surface area contributed by atoms with Crippen molar-refractivity contribution in [2.75, 3.05) is 5.32 Å². The SMILES string of the molecule is Cc1cc(Br)ccc1NC1CCCC(C)C1. The fourth-order valence-electron chi connectivity index (χ4n) is 2.57. The Morgan fingerprint density at radius 1 is 1.31 bits per heavy atom. The average molecular weight is 282 g/mol. The van der Waals surface area contributed by atoms with Gasteiger partial charge in [0.25, 0.3) is 0 Å². The Morgan fingerprint density at radius 2 is 2.12 bits per heavy atom. The van der Waals surface area contributed by atoms with Crippen molar-refractivity contribution in [3.8, 4) is 0 Å². The first-order chi connectivity index (χ1) is 7.65. The highest BCUT2D eigenvalue weighted by Crippen LogP contribution is 2.28. The number of halogens is 1. The van der Waals surface area contributed by atoms with Gasteiger partial charge in [-0.15, -0.1) is 0 Å². The molecule has 16 heavy (non-hydrogen) atoms. The Kier molecular flexibility index (Phi) is 3.91. The second kappa shape index (κ2) is 5.22. The molecule has 0 aromatic heterocycles. The first kappa shape index (κ1) is 12.0. The topological polar surface area (TPSA) is 12.0 Å². The first-order valence-electron chi connectivity index (χ1n) is 6.18. The summed E-state index contributed by atoms with van der Waals surface area (Å²) in [6.45, 7) is 4.53. The van der Waals surface area contributed by atoms with Gasteiger partial charge in [0.2, 0.25) is 0 Å². The highest BCUT2D eigenvalue weighted by molar-refractivity contribution is 9.10. The fourth-order valence-corrected chi connectivity index (χ4v) is 3.05. The summed E-state index contributed by atoms with van der Waals surface area (Å²) in [6, 6.07) is 7.14. The number of aryl methyl sites for hydroxylation is 1. The molecule has 1 fully saturated rings. The molecular weight excluding hydrogens is 262 g/mol. The predicted molar refractivity (Wildman–Crippen MR) is 73.9 cm³/mol. The Hall–Kier alpha value is -0.500. The monoisotopic (exact) mass is 281 g/mol. The van der Waals surface area contributed by atoms with E-state index in [0.717, 1.165) is 10.4 Å². The maximum absolute atomic E-state index is 3.69. The molecule has 1 aromatic rings. The number of benzene rings is 1. The van der Waals surface area contributed by atoms with Gasteiger partial charge < -0.3 is 5.32 Å². The van der Waals surface area contributed by atoms with E-state index in [1.54, 1.807) is 0 Å². The molecule has 0 saturated heterocycles. The molecule has 1 nitrogen and oxygen atoms in total. The van der Waals surface area contributed by atoms with Crippen LogP contribution in [-0.4, -0.2) is 6.04 Å². The van der Waals surface area contributed by atoms with Crippen molar-refractivity contribution in [3.05, 3.63) is 28.2 Å². The molecule has 0 amide bonds. The van der Waals surface area contributed by atoms with Crippen molar-refractivity contribution in [2.45, 2.75) is 45.6 Å². The van der Waals surface area contributed by atoms with Crippen molar-refractivity contribution < 1.29 is 0 Å². The summed E-state index contributed by atoms with van der Waals surface area (Å²) in [5.41, 5.74) is 2.62. The van der Waals surface area contributed by atoms with Gasteiger partial charge in [-0.1, -0.05) is 35.7 Å². The van der Waals surface area contributed by atoms with Crippen LogP contribution in [-0.2, 0) is 0 Å². The molecule has 1 saturated carbocycles. The van der Waals surface area contributed by atoms with Crippen LogP contribution in [0.3, 0.4) is 0 Å². The zero-order chi connectivity index (χ0) is 11.5. The van der Waals surface area contributed by atoms with Crippen LogP contribution in [0.5, 0.6) is 0 Å². The molecule has 0 bridgehead atoms. The number of anilines is 1. The maximum Gasteiger partial charge on any atom is 0.0372 e. The Labute approximate surface area is 107 Å². The van der Waals surface area contributed by atoms with Gasteiger partial charge in [-0.2, -0.15) is 0 Å². The molecule has 2 atom stereocenters. The predicted octanol–water partition coefficient (Wildman–Crippen LogP) is 4.75. The molecule has 88 valence electrons. The summed E-state index contributed by atoms with van der Waals surface area (Å²) in [6.07, 6.45) is 5.40. The van der Waals surface area contributed by atoms with Gasteiger partial charge in [-0.3, -0.25) is 0 Å². The van der Waals surface area contributed by atoms with Crippen molar-refractivity contribution in [1.82, 2.24) is 0 Å². The van der Waals surface area contributed by atoms with Gasteiger partial charge in [-0.25, -0.2) is 0 Å². The molecule has 1 aliphatic carbocycles. The van der Waals surface area contributed by atoms with Crippen LogP contribution >= 0.6 is 15.9 Å². The van der Waals surface area contributed by atoms with E-state index in [9.17, 15) is 0 Å². The number of hydrogen-bond acceptors (Lipinski definition) is 1. The second-order valence-electron chi connectivity index (χ2n) is 5.07. The smallest absolute Gasteiger partial charge is 0.0372 e. The zero-order valence-corrected chi connectivity index (χ0v) is 11.7. The van der Waals surface area contributed by atoms with E-state index in [0.29, 0.717) is 6.04 Å². The lowest BCUT2D eigenvalue weighted by Gasteiger charge is -2.28. The van der Waals surface area contributed by atoms with Gasteiger partial charge >= 0.3 is 0 Å². The van der Waals surface area contributed by atoms with Crippen LogP contribution in [0.15, 0.2) is 22.7 Å². The van der Waals surface area contributed by atoms with Crippen molar-refractivity contribution in [3.63, 3.8) is 0 Å². The molecule has 2 heteroatoms. The van der Waals surface area contributed by atoms with E-state index in [1.807, 2.05) is 0 Å². The minimum atomic E-state index is 0.670. The summed E-state index contributed by atoms with van der Waals surface area (Å²) in [4.78, 5) is 0. The van der Waals surface area contributed by atoms with E-state index >= 15 is 0 Å². The Morgan fingerprint density at radius 3 is 2.81 bits per heavy atom. The summed E-state index contributed by atoms with van der Waals surface area (Å²) >= 11 is 3.50. The highest BCUT2D eigenvalue weighted by atomic mass is 79.9. The van der Waals surface area contributed by atoms with E-state index in [4.69, 9.17) is 0 Å². The molecule has 1 aliphatic rings. The minimum absolute atomic E-state index is 0.670. The van der Waals surface area contributed by atoms with Crippen LogP contribution in [0.2, 0.25) is 0 Å². The van der Waals surface area contributed by atoms with E-state index in [2.05, 4.69) is 53.3 Å². The largest absolute Gasteiger partial charge is 0.382 e. The third-order valence-corrected chi connectivity index (χ3v) is 3.98. The minimum Gasteiger partial charge on any atom is -0.382 e. The Balaban J connectivity index is 2.02. The summed E-state index contributed by atoms with van der Waals surface area (Å²) in [5.74, 6) is 0.877. The second-order valence-corrected chi connectivity index (χ2v) is 5.99. The molecule has 0 heterocycles. The lowest BCUT2D eigenvalue weighted by atomic mass is 9.87. The third-order valence-electron chi connectivity index (χ3n) is 3.48. The van der Waals surface area contributed by atoms with Crippen LogP contribution in [0, 0.1) is 12.8 Å². The first-order valence-corrected chi connectivity index (χ1v) is 6.97. The van der Waals surface area contributed by atoms with Crippen LogP contribution in [0.4, 0.5) is 5.69 Å². The van der Waals surface area contributed by atoms with Crippen molar-refractivity contribution in [2.24, 2.45) is 5.92 Å². The van der Waals surface area contributed by atoms with Gasteiger partial charge in [0.05, 0.1) is 0 Å². The van der Waals surface area contributed by atoms with Crippen molar-refractivity contribution in [1.29, 1.82) is 0 Å². The maximum atomic E-state index is 3.69. The van der Waals surface area contributed by atoms with Gasteiger partial charge in [0, 0.05) is 16.2 Å². The summed E-state index contributed by atoms with van der Waals surface area (Å²) in [5, 5.41) is 3.69. The molecule has 2 unspecified atom stereocenters. The average Bonchev–Trinajstić information content (AvgIpc) is 2.22. The lowest BCUT2D eigenvalue weighted by Crippen LogP contribution is -2.26. The molecule has 1 N–H and O–H groups in total. The van der Waals surface area contributed by atoms with Gasteiger partial charge in [0.1, 0.15) is 0 Å². The van der Waals surface area contributed by atoms with E-state index in [1.165, 1.54) is 36.9 Å². The van der Waals surface area contributed by atoms with E-state index in [-0.39, 0.29) is 0 Å². The van der Waals surface area contributed by atoms with Crippen LogP contribution in [0.25, 0.3) is 0 Å². The molecule has 0 aliphatic heterocycles. The standard InChI is InChI=1S/C14H20BrN/c1-10-4-3-5-13(8-10)16-14-7-6-12(15)9-11(14)2/h6-7,9-10,13,16H,3-5,8H2,1-2H3. The molecule has 1 aromatic carbocycles. The van der Waals surface area contributed by atoms with Crippen LogP contribution in [0.1, 0.15) is 38.2 Å². The summed E-state index contributed by atoms with van der Waals surface area (Å²) < 4.78 is 1.16. The quantitative estimate of drug-likeness (QED) is 0.825.